The van der Waals surface area contributed by atoms with Crippen molar-refractivity contribution in [2.24, 2.45) is 0 Å². The first-order valence-electron chi connectivity index (χ1n) is 3.89. The van der Waals surface area contributed by atoms with E-state index in [4.69, 9.17) is 16.7 Å². The summed E-state index contributed by atoms with van der Waals surface area (Å²) in [6.07, 6.45) is -2.19. The quantitative estimate of drug-likeness (QED) is 0.806. The summed E-state index contributed by atoms with van der Waals surface area (Å²) in [5.74, 6) is 0. The molecule has 1 nitrogen and oxygen atoms in total. The van der Waals surface area contributed by atoms with Gasteiger partial charge in [-0.25, -0.2) is 0 Å². The third-order valence-corrected chi connectivity index (χ3v) is 2.37. The summed E-state index contributed by atoms with van der Waals surface area (Å²) in [6, 6.07) is 6.46. The second-order valence-corrected chi connectivity index (χ2v) is 3.76. The summed E-state index contributed by atoms with van der Waals surface area (Å²) in [5.41, 5.74) is 0.446. The van der Waals surface area contributed by atoms with Crippen molar-refractivity contribution in [2.45, 2.75) is 17.9 Å². The van der Waals surface area contributed by atoms with Gasteiger partial charge in [0.2, 0.25) is 0 Å². The van der Waals surface area contributed by atoms with Crippen molar-refractivity contribution in [1.29, 1.82) is 0 Å². The Labute approximate surface area is 90.3 Å². The molecule has 0 aliphatic heterocycles. The topological polar surface area (TPSA) is 20.2 Å². The van der Waals surface area contributed by atoms with Gasteiger partial charge in [-0.15, -0.1) is 0 Å². The highest BCUT2D eigenvalue weighted by Gasteiger charge is 2.35. The molecule has 1 unspecified atom stereocenters. The third-order valence-electron chi connectivity index (χ3n) is 1.75. The van der Waals surface area contributed by atoms with E-state index in [9.17, 15) is 8.78 Å². The van der Waals surface area contributed by atoms with E-state index >= 15 is 0 Å². The van der Waals surface area contributed by atoms with E-state index in [0.29, 0.717) is 10.6 Å². The van der Waals surface area contributed by atoms with Crippen LogP contribution < -0.4 is 0 Å². The highest BCUT2D eigenvalue weighted by atomic mass is 35.5. The van der Waals surface area contributed by atoms with Crippen molar-refractivity contribution in [2.75, 3.05) is 0 Å². The second kappa shape index (κ2) is 4.43. The lowest BCUT2D eigenvalue weighted by atomic mass is 10.1. The Bertz CT molecular complexity index is 312. The van der Waals surface area contributed by atoms with Crippen LogP contribution in [0.4, 0.5) is 8.78 Å². The lowest BCUT2D eigenvalue weighted by Gasteiger charge is -2.16. The minimum absolute atomic E-state index is 0.268. The van der Waals surface area contributed by atoms with Gasteiger partial charge in [0.05, 0.1) is 0 Å². The smallest absolute Gasteiger partial charge is 0.347 e. The Hall–Kier alpha value is -0.380. The standard InChI is InChI=1S/C9H8Cl2F2O/c10-7-4-2-1-3-6(7)5-8(14)9(11,12)13/h1-4,8,14H,5H2. The highest BCUT2D eigenvalue weighted by Crippen LogP contribution is 2.27. The van der Waals surface area contributed by atoms with Crippen molar-refractivity contribution in [3.05, 3.63) is 34.9 Å². The van der Waals surface area contributed by atoms with Crippen LogP contribution >= 0.6 is 23.2 Å². The normalized spacial score (nSPS) is 14.1. The number of rotatable bonds is 3. The zero-order valence-electron chi connectivity index (χ0n) is 7.05. The van der Waals surface area contributed by atoms with Crippen molar-refractivity contribution in [3.63, 3.8) is 0 Å². The Morgan fingerprint density at radius 2 is 1.93 bits per heavy atom. The fourth-order valence-corrected chi connectivity index (χ4v) is 1.28. The van der Waals surface area contributed by atoms with Crippen LogP contribution in [0.3, 0.4) is 0 Å². The first-order chi connectivity index (χ1) is 6.41. The first kappa shape index (κ1) is 11.7. The minimum atomic E-state index is -3.63. The van der Waals surface area contributed by atoms with E-state index in [2.05, 4.69) is 11.6 Å². The van der Waals surface area contributed by atoms with Crippen LogP contribution in [0.15, 0.2) is 24.3 Å². The van der Waals surface area contributed by atoms with Crippen LogP contribution in [0.1, 0.15) is 5.56 Å². The Kier molecular flexibility index (Phi) is 3.70. The van der Waals surface area contributed by atoms with Crippen LogP contribution in [-0.2, 0) is 6.42 Å². The van der Waals surface area contributed by atoms with E-state index in [1.165, 1.54) is 0 Å². The van der Waals surface area contributed by atoms with E-state index in [1.807, 2.05) is 0 Å². The molecule has 1 aromatic rings. The maximum absolute atomic E-state index is 12.4. The van der Waals surface area contributed by atoms with Gasteiger partial charge >= 0.3 is 5.38 Å². The molecule has 78 valence electrons. The van der Waals surface area contributed by atoms with Crippen LogP contribution in [-0.4, -0.2) is 16.6 Å². The van der Waals surface area contributed by atoms with E-state index in [0.717, 1.165) is 0 Å². The molecule has 0 aliphatic rings. The van der Waals surface area contributed by atoms with Crippen LogP contribution in [0, 0.1) is 0 Å². The zero-order valence-corrected chi connectivity index (χ0v) is 8.56. The lowest BCUT2D eigenvalue weighted by Crippen LogP contribution is -2.29. The highest BCUT2D eigenvalue weighted by molar-refractivity contribution is 6.31. The number of hydrogen-bond acceptors (Lipinski definition) is 1. The zero-order chi connectivity index (χ0) is 10.8. The van der Waals surface area contributed by atoms with Gasteiger partial charge in [-0.1, -0.05) is 29.8 Å². The second-order valence-electron chi connectivity index (χ2n) is 2.85. The van der Waals surface area contributed by atoms with Crippen LogP contribution in [0.25, 0.3) is 0 Å². The van der Waals surface area contributed by atoms with Gasteiger partial charge in [-0.3, -0.25) is 0 Å². The molecule has 0 radical (unpaired) electrons. The molecule has 5 heteroatoms. The molecule has 1 rings (SSSR count). The maximum Gasteiger partial charge on any atom is 0.347 e. The fraction of sp³-hybridized carbons (Fsp3) is 0.333. The SMILES string of the molecule is OC(Cc1ccccc1Cl)C(F)(F)Cl. The molecule has 1 atom stereocenters. The predicted molar refractivity (Wildman–Crippen MR) is 52.0 cm³/mol. The Morgan fingerprint density at radius 3 is 2.43 bits per heavy atom. The number of aliphatic hydroxyl groups is 1. The average Bonchev–Trinajstić information content (AvgIpc) is 2.07. The van der Waals surface area contributed by atoms with Crippen molar-refractivity contribution < 1.29 is 13.9 Å². The predicted octanol–water partition coefficient (Wildman–Crippen LogP) is 3.08. The number of alkyl halides is 3. The number of halogens is 4. The molecule has 0 bridgehead atoms. The first-order valence-corrected chi connectivity index (χ1v) is 4.65. The van der Waals surface area contributed by atoms with E-state index < -0.39 is 11.5 Å². The fourth-order valence-electron chi connectivity index (χ4n) is 0.988. The van der Waals surface area contributed by atoms with Crippen molar-refractivity contribution in [3.8, 4) is 0 Å². The molecular weight excluding hydrogens is 233 g/mol. The number of hydrogen-bond donors (Lipinski definition) is 1. The molecule has 0 spiro atoms. The summed E-state index contributed by atoms with van der Waals surface area (Å²) in [7, 11) is 0. The van der Waals surface area contributed by atoms with E-state index in [1.54, 1.807) is 24.3 Å². The minimum Gasteiger partial charge on any atom is -0.385 e. The summed E-state index contributed by atoms with van der Waals surface area (Å²) in [4.78, 5) is 0. The Morgan fingerprint density at radius 1 is 1.36 bits per heavy atom. The van der Waals surface area contributed by atoms with Gasteiger partial charge in [0.15, 0.2) is 0 Å². The summed E-state index contributed by atoms with van der Waals surface area (Å²) < 4.78 is 24.8. The molecule has 0 saturated heterocycles. The molecule has 0 fully saturated rings. The van der Waals surface area contributed by atoms with Gasteiger partial charge < -0.3 is 5.11 Å². The van der Waals surface area contributed by atoms with Gasteiger partial charge in [0.1, 0.15) is 6.10 Å². The molecule has 0 aromatic heterocycles. The number of benzene rings is 1. The summed E-state index contributed by atoms with van der Waals surface area (Å²) in [5, 5.41) is 5.74. The van der Waals surface area contributed by atoms with Crippen molar-refractivity contribution >= 4 is 23.2 Å². The maximum atomic E-state index is 12.4. The van der Waals surface area contributed by atoms with E-state index in [-0.39, 0.29) is 6.42 Å². The molecule has 0 heterocycles. The third kappa shape index (κ3) is 3.08. The molecular formula is C9H8Cl2F2O. The largest absolute Gasteiger partial charge is 0.385 e. The van der Waals surface area contributed by atoms with Gasteiger partial charge in [0, 0.05) is 11.4 Å². The average molecular weight is 241 g/mol. The van der Waals surface area contributed by atoms with Gasteiger partial charge in [-0.2, -0.15) is 8.78 Å². The lowest BCUT2D eigenvalue weighted by molar-refractivity contribution is -0.0397. The van der Waals surface area contributed by atoms with Crippen molar-refractivity contribution in [1.82, 2.24) is 0 Å². The Balaban J connectivity index is 2.75. The molecule has 1 N–H and O–H groups in total. The molecule has 0 saturated carbocycles. The summed E-state index contributed by atoms with van der Waals surface area (Å²) >= 11 is 10.4. The van der Waals surface area contributed by atoms with Gasteiger partial charge in [-0.05, 0) is 23.2 Å². The molecule has 0 aliphatic carbocycles. The van der Waals surface area contributed by atoms with Crippen LogP contribution in [0.2, 0.25) is 5.02 Å². The van der Waals surface area contributed by atoms with Crippen LogP contribution in [0.5, 0.6) is 0 Å². The van der Waals surface area contributed by atoms with Gasteiger partial charge in [0.25, 0.3) is 0 Å². The molecule has 0 amide bonds. The molecule has 1 aromatic carbocycles. The molecule has 14 heavy (non-hydrogen) atoms. The summed E-state index contributed by atoms with van der Waals surface area (Å²) in [6.45, 7) is 0. The monoisotopic (exact) mass is 240 g/mol. The number of aliphatic hydroxyl groups excluding tert-OH is 1.